The van der Waals surface area contributed by atoms with Crippen molar-refractivity contribution < 1.29 is 18.3 Å². The highest BCUT2D eigenvalue weighted by Gasteiger charge is 2.17. The van der Waals surface area contributed by atoms with Gasteiger partial charge in [-0.1, -0.05) is 23.2 Å². The van der Waals surface area contributed by atoms with Crippen molar-refractivity contribution >= 4 is 45.0 Å². The van der Waals surface area contributed by atoms with Crippen molar-refractivity contribution in [2.75, 3.05) is 4.72 Å². The van der Waals surface area contributed by atoms with Crippen LogP contribution in [0.15, 0.2) is 41.4 Å². The first-order chi connectivity index (χ1) is 9.79. The van der Waals surface area contributed by atoms with E-state index in [9.17, 15) is 13.2 Å². The van der Waals surface area contributed by atoms with Crippen LogP contribution < -0.4 is 4.72 Å². The Bertz CT molecular complexity index is 809. The maximum atomic E-state index is 12.1. The van der Waals surface area contributed by atoms with E-state index in [1.165, 1.54) is 30.5 Å². The maximum Gasteiger partial charge on any atom is 0.335 e. The molecular weight excluding hydrogens is 339 g/mol. The number of nitrogens with zero attached hydrogens (tertiary/aromatic N) is 1. The van der Waals surface area contributed by atoms with Crippen LogP contribution in [0.3, 0.4) is 0 Å². The summed E-state index contributed by atoms with van der Waals surface area (Å²) in [6, 6.07) is 6.17. The summed E-state index contributed by atoms with van der Waals surface area (Å²) in [6.45, 7) is 0. The minimum absolute atomic E-state index is 0.0863. The van der Waals surface area contributed by atoms with Crippen LogP contribution in [0.25, 0.3) is 0 Å². The molecule has 2 rings (SSSR count). The van der Waals surface area contributed by atoms with Crippen LogP contribution in [0.1, 0.15) is 10.4 Å². The smallest absolute Gasteiger partial charge is 0.335 e. The van der Waals surface area contributed by atoms with Crippen LogP contribution >= 0.6 is 23.2 Å². The average molecular weight is 347 g/mol. The molecule has 1 heterocycles. The third kappa shape index (κ3) is 3.63. The zero-order valence-electron chi connectivity index (χ0n) is 10.2. The minimum atomic E-state index is -3.94. The van der Waals surface area contributed by atoms with Crippen LogP contribution in [0, 0.1) is 0 Å². The molecule has 0 amide bonds. The van der Waals surface area contributed by atoms with Gasteiger partial charge in [0.05, 0.1) is 20.5 Å². The Hall–Kier alpha value is -1.83. The number of pyridine rings is 1. The topological polar surface area (TPSA) is 96.4 Å². The van der Waals surface area contributed by atoms with E-state index < -0.39 is 16.0 Å². The van der Waals surface area contributed by atoms with Gasteiger partial charge in [-0.05, 0) is 30.3 Å². The summed E-state index contributed by atoms with van der Waals surface area (Å²) in [5, 5.41) is 9.17. The van der Waals surface area contributed by atoms with Crippen LogP contribution in [-0.2, 0) is 10.0 Å². The van der Waals surface area contributed by atoms with E-state index in [4.69, 9.17) is 28.3 Å². The molecule has 9 heteroatoms. The molecule has 0 unspecified atom stereocenters. The molecule has 6 nitrogen and oxygen atoms in total. The summed E-state index contributed by atoms with van der Waals surface area (Å²) >= 11 is 11.5. The maximum absolute atomic E-state index is 12.1. The second kappa shape index (κ2) is 5.88. The monoisotopic (exact) mass is 346 g/mol. The van der Waals surface area contributed by atoms with Crippen molar-refractivity contribution in [3.8, 4) is 0 Å². The van der Waals surface area contributed by atoms with Gasteiger partial charge >= 0.3 is 5.97 Å². The fraction of sp³-hybridized carbons (Fsp3) is 0. The second-order valence-electron chi connectivity index (χ2n) is 3.92. The number of hydrogen-bond acceptors (Lipinski definition) is 4. The van der Waals surface area contributed by atoms with E-state index in [1.807, 2.05) is 0 Å². The van der Waals surface area contributed by atoms with Gasteiger partial charge in [0.2, 0.25) is 0 Å². The van der Waals surface area contributed by atoms with Crippen molar-refractivity contribution in [2.24, 2.45) is 0 Å². The number of benzene rings is 1. The lowest BCUT2D eigenvalue weighted by molar-refractivity contribution is 0.0697. The van der Waals surface area contributed by atoms with E-state index in [2.05, 4.69) is 9.71 Å². The number of halogens is 2. The molecular formula is C12H8Cl2N2O4S. The molecule has 0 aliphatic heterocycles. The van der Waals surface area contributed by atoms with Gasteiger partial charge in [0.25, 0.3) is 10.0 Å². The molecule has 1 aromatic carbocycles. The lowest BCUT2D eigenvalue weighted by Crippen LogP contribution is -2.14. The Kier molecular flexibility index (Phi) is 4.36. The summed E-state index contributed by atoms with van der Waals surface area (Å²) < 4.78 is 26.5. The SMILES string of the molecule is O=C(O)c1ccnc(NS(=O)(=O)c2ccc(Cl)c(Cl)c2)c1. The number of carbonyl (C=O) groups is 1. The van der Waals surface area contributed by atoms with Crippen molar-refractivity contribution in [1.82, 2.24) is 4.98 Å². The standard InChI is InChI=1S/C12H8Cl2N2O4S/c13-9-2-1-8(6-10(9)14)21(19,20)16-11-5-7(12(17)18)3-4-15-11/h1-6H,(H,15,16)(H,17,18). The summed E-state index contributed by atoms with van der Waals surface area (Å²) in [7, 11) is -3.94. The van der Waals surface area contributed by atoms with Crippen molar-refractivity contribution in [1.29, 1.82) is 0 Å². The molecule has 110 valence electrons. The lowest BCUT2D eigenvalue weighted by Gasteiger charge is -2.08. The van der Waals surface area contributed by atoms with E-state index in [0.717, 1.165) is 6.07 Å². The van der Waals surface area contributed by atoms with E-state index in [1.54, 1.807) is 0 Å². The Labute approximate surface area is 130 Å². The molecule has 2 N–H and O–H groups in total. The number of carboxylic acid groups (broad SMARTS) is 1. The van der Waals surface area contributed by atoms with Crippen molar-refractivity contribution in [3.05, 3.63) is 52.1 Å². The first-order valence-electron chi connectivity index (χ1n) is 5.47. The summed E-state index contributed by atoms with van der Waals surface area (Å²) in [6.07, 6.45) is 1.19. The van der Waals surface area contributed by atoms with Gasteiger partial charge in [0.1, 0.15) is 5.82 Å². The molecule has 0 aliphatic carbocycles. The summed E-state index contributed by atoms with van der Waals surface area (Å²) in [5.74, 6) is -1.30. The molecule has 0 bridgehead atoms. The number of aromatic carboxylic acids is 1. The Morgan fingerprint density at radius 1 is 1.14 bits per heavy atom. The van der Waals surface area contributed by atoms with Gasteiger partial charge in [-0.3, -0.25) is 4.72 Å². The quantitative estimate of drug-likeness (QED) is 0.887. The molecule has 2 aromatic rings. The van der Waals surface area contributed by atoms with Crippen molar-refractivity contribution in [2.45, 2.75) is 4.90 Å². The number of hydrogen-bond donors (Lipinski definition) is 2. The third-order valence-corrected chi connectivity index (χ3v) is 4.54. The molecule has 0 saturated carbocycles. The van der Waals surface area contributed by atoms with Gasteiger partial charge in [0, 0.05) is 6.20 Å². The highest BCUT2D eigenvalue weighted by molar-refractivity contribution is 7.92. The molecule has 0 fully saturated rings. The first kappa shape index (κ1) is 15.6. The Balaban J connectivity index is 2.35. The number of rotatable bonds is 4. The molecule has 0 atom stereocenters. The predicted molar refractivity (Wildman–Crippen MR) is 78.5 cm³/mol. The van der Waals surface area contributed by atoms with Gasteiger partial charge in [-0.15, -0.1) is 0 Å². The minimum Gasteiger partial charge on any atom is -0.478 e. The summed E-state index contributed by atoms with van der Waals surface area (Å²) in [4.78, 5) is 14.5. The van der Waals surface area contributed by atoms with E-state index in [0.29, 0.717) is 0 Å². The van der Waals surface area contributed by atoms with Crippen LogP contribution in [-0.4, -0.2) is 24.5 Å². The zero-order chi connectivity index (χ0) is 15.6. The molecule has 0 aliphatic rings. The van der Waals surface area contributed by atoms with Crippen molar-refractivity contribution in [3.63, 3.8) is 0 Å². The highest BCUT2D eigenvalue weighted by atomic mass is 35.5. The third-order valence-electron chi connectivity index (χ3n) is 2.45. The summed E-state index contributed by atoms with van der Waals surface area (Å²) in [5.41, 5.74) is -0.0863. The zero-order valence-corrected chi connectivity index (χ0v) is 12.6. The van der Waals surface area contributed by atoms with E-state index >= 15 is 0 Å². The fourth-order valence-corrected chi connectivity index (χ4v) is 2.85. The average Bonchev–Trinajstić information content (AvgIpc) is 2.41. The molecule has 0 saturated heterocycles. The number of aromatic nitrogens is 1. The second-order valence-corrected chi connectivity index (χ2v) is 6.41. The van der Waals surface area contributed by atoms with Gasteiger partial charge < -0.3 is 5.11 Å². The normalized spacial score (nSPS) is 11.1. The molecule has 21 heavy (non-hydrogen) atoms. The number of nitrogens with one attached hydrogen (secondary N) is 1. The predicted octanol–water partition coefficient (Wildman–Crippen LogP) is 2.89. The highest BCUT2D eigenvalue weighted by Crippen LogP contribution is 2.25. The fourth-order valence-electron chi connectivity index (χ4n) is 1.46. The van der Waals surface area contributed by atoms with Gasteiger partial charge in [-0.25, -0.2) is 18.2 Å². The van der Waals surface area contributed by atoms with Crippen LogP contribution in [0.2, 0.25) is 10.0 Å². The number of sulfonamides is 1. The molecule has 0 radical (unpaired) electrons. The van der Waals surface area contributed by atoms with E-state index in [-0.39, 0.29) is 26.3 Å². The Morgan fingerprint density at radius 3 is 2.48 bits per heavy atom. The van der Waals surface area contributed by atoms with Gasteiger partial charge in [0.15, 0.2) is 0 Å². The largest absolute Gasteiger partial charge is 0.478 e. The van der Waals surface area contributed by atoms with Gasteiger partial charge in [-0.2, -0.15) is 0 Å². The number of carboxylic acids is 1. The number of anilines is 1. The molecule has 0 spiro atoms. The van der Waals surface area contributed by atoms with Crippen LogP contribution in [0.4, 0.5) is 5.82 Å². The van der Waals surface area contributed by atoms with Crippen LogP contribution in [0.5, 0.6) is 0 Å². The lowest BCUT2D eigenvalue weighted by atomic mass is 10.3. The first-order valence-corrected chi connectivity index (χ1v) is 7.71. The molecule has 1 aromatic heterocycles. The Morgan fingerprint density at radius 2 is 1.86 bits per heavy atom.